The molecule has 6 heteroatoms. The van der Waals surface area contributed by atoms with Crippen molar-refractivity contribution in [1.29, 1.82) is 0 Å². The third-order valence-electron chi connectivity index (χ3n) is 4.49. The Morgan fingerprint density at radius 3 is 2.10 bits per heavy atom. The number of ketones is 1. The molecule has 3 aromatic carbocycles. The van der Waals surface area contributed by atoms with E-state index in [9.17, 15) is 9.59 Å². The summed E-state index contributed by atoms with van der Waals surface area (Å²) in [5.41, 5.74) is 2.42. The molecule has 0 saturated carbocycles. The molecule has 0 spiro atoms. The zero-order chi connectivity index (χ0) is 20.9. The first-order valence-corrected chi connectivity index (χ1v) is 10.1. The van der Waals surface area contributed by atoms with Crippen LogP contribution in [0.15, 0.2) is 84.9 Å². The number of anilines is 1. The van der Waals surface area contributed by atoms with E-state index in [1.807, 2.05) is 48.5 Å². The van der Waals surface area contributed by atoms with Gasteiger partial charge in [0.05, 0.1) is 12.8 Å². The maximum Gasteiger partial charge on any atom is 0.257 e. The molecule has 0 aliphatic rings. The van der Waals surface area contributed by atoms with E-state index in [2.05, 4.69) is 10.3 Å². The number of nitrogens with one attached hydrogen (secondary N) is 1. The summed E-state index contributed by atoms with van der Waals surface area (Å²) in [7, 11) is 1.57. The minimum absolute atomic E-state index is 0.128. The Hall–Kier alpha value is -3.77. The van der Waals surface area contributed by atoms with E-state index in [0.717, 1.165) is 5.56 Å². The van der Waals surface area contributed by atoms with E-state index in [4.69, 9.17) is 4.74 Å². The van der Waals surface area contributed by atoms with Crippen molar-refractivity contribution in [1.82, 2.24) is 4.98 Å². The molecule has 1 aromatic heterocycles. The van der Waals surface area contributed by atoms with Crippen molar-refractivity contribution in [3.63, 3.8) is 0 Å². The Morgan fingerprint density at radius 1 is 0.833 bits per heavy atom. The lowest BCUT2D eigenvalue weighted by Gasteiger charge is -2.03. The Bertz CT molecular complexity index is 1170. The lowest BCUT2D eigenvalue weighted by atomic mass is 10.1. The number of rotatable bonds is 6. The fraction of sp³-hybridized carbons (Fsp3) is 0.0417. The van der Waals surface area contributed by atoms with Gasteiger partial charge in [0.2, 0.25) is 5.78 Å². The number of methoxy groups -OCH3 is 1. The highest BCUT2D eigenvalue weighted by atomic mass is 32.1. The highest BCUT2D eigenvalue weighted by Crippen LogP contribution is 2.33. The number of thiazole rings is 1. The molecule has 30 heavy (non-hydrogen) atoms. The lowest BCUT2D eigenvalue weighted by Crippen LogP contribution is -2.11. The van der Waals surface area contributed by atoms with Crippen LogP contribution in [0.1, 0.15) is 25.6 Å². The van der Waals surface area contributed by atoms with E-state index in [0.29, 0.717) is 32.6 Å². The summed E-state index contributed by atoms with van der Waals surface area (Å²) in [5, 5.41) is 3.18. The van der Waals surface area contributed by atoms with Crippen LogP contribution in [0.3, 0.4) is 0 Å². The average Bonchev–Trinajstić information content (AvgIpc) is 3.23. The zero-order valence-corrected chi connectivity index (χ0v) is 17.0. The number of hydrogen-bond donors (Lipinski definition) is 1. The second kappa shape index (κ2) is 8.71. The summed E-state index contributed by atoms with van der Waals surface area (Å²) in [6, 6.07) is 25.3. The van der Waals surface area contributed by atoms with Crippen LogP contribution in [0, 0.1) is 0 Å². The molecule has 0 aliphatic carbocycles. The number of hydrogen-bond acceptors (Lipinski definition) is 5. The van der Waals surface area contributed by atoms with Crippen LogP contribution in [0.5, 0.6) is 5.75 Å². The van der Waals surface area contributed by atoms with Gasteiger partial charge < -0.3 is 4.74 Å². The normalized spacial score (nSPS) is 10.4. The third-order valence-corrected chi connectivity index (χ3v) is 5.46. The second-order valence-corrected chi connectivity index (χ2v) is 7.44. The number of carbonyl (C=O) groups excluding carboxylic acids is 2. The summed E-state index contributed by atoms with van der Waals surface area (Å²) >= 11 is 1.17. The first-order chi connectivity index (χ1) is 14.7. The monoisotopic (exact) mass is 414 g/mol. The first kappa shape index (κ1) is 19.5. The van der Waals surface area contributed by atoms with Crippen molar-refractivity contribution >= 4 is 28.2 Å². The number of carbonyl (C=O) groups is 2. The van der Waals surface area contributed by atoms with Crippen LogP contribution in [0.4, 0.5) is 5.13 Å². The van der Waals surface area contributed by atoms with Crippen molar-refractivity contribution in [2.45, 2.75) is 0 Å². The van der Waals surface area contributed by atoms with Crippen LogP contribution >= 0.6 is 11.3 Å². The van der Waals surface area contributed by atoms with Crippen LogP contribution in [0.2, 0.25) is 0 Å². The standard InChI is InChI=1S/C24H18N2O3S/c1-29-19-14-12-18(13-15-19)23(28)26-24-25-20(16-8-4-2-5-9-16)22(30-24)21(27)17-10-6-3-7-11-17/h2-15H,1H3,(H,25,26,28). The molecule has 0 saturated heterocycles. The third kappa shape index (κ3) is 4.14. The van der Waals surface area contributed by atoms with Gasteiger partial charge in [0, 0.05) is 16.7 Å². The Balaban J connectivity index is 1.68. The van der Waals surface area contributed by atoms with Gasteiger partial charge in [-0.15, -0.1) is 0 Å². The minimum atomic E-state index is -0.301. The SMILES string of the molecule is COc1ccc(C(=O)Nc2nc(-c3ccccc3)c(C(=O)c3ccccc3)s2)cc1. The van der Waals surface area contributed by atoms with Gasteiger partial charge in [0.25, 0.3) is 5.91 Å². The van der Waals surface area contributed by atoms with Crippen molar-refractivity contribution in [2.24, 2.45) is 0 Å². The number of amides is 1. The fourth-order valence-corrected chi connectivity index (χ4v) is 3.90. The summed E-state index contributed by atoms with van der Waals surface area (Å²) in [5.74, 6) is 0.240. The largest absolute Gasteiger partial charge is 0.497 e. The van der Waals surface area contributed by atoms with Crippen LogP contribution in [-0.4, -0.2) is 23.8 Å². The second-order valence-electron chi connectivity index (χ2n) is 6.44. The molecule has 0 bridgehead atoms. The van der Waals surface area contributed by atoms with Gasteiger partial charge in [0.1, 0.15) is 10.6 Å². The van der Waals surface area contributed by atoms with Gasteiger partial charge >= 0.3 is 0 Å². The molecule has 0 atom stereocenters. The minimum Gasteiger partial charge on any atom is -0.497 e. The fourth-order valence-electron chi connectivity index (χ4n) is 2.95. The predicted octanol–water partition coefficient (Wildman–Crippen LogP) is 5.30. The Kier molecular flexibility index (Phi) is 5.68. The summed E-state index contributed by atoms with van der Waals surface area (Å²) < 4.78 is 5.12. The van der Waals surface area contributed by atoms with E-state index in [-0.39, 0.29) is 11.7 Å². The van der Waals surface area contributed by atoms with Crippen molar-refractivity contribution in [3.8, 4) is 17.0 Å². The molecule has 0 aliphatic heterocycles. The number of ether oxygens (including phenoxy) is 1. The van der Waals surface area contributed by atoms with Gasteiger partial charge in [-0.05, 0) is 24.3 Å². The number of benzene rings is 3. The van der Waals surface area contributed by atoms with Crippen LogP contribution in [-0.2, 0) is 0 Å². The molecule has 5 nitrogen and oxygen atoms in total. The number of aromatic nitrogens is 1. The molecule has 4 rings (SSSR count). The van der Waals surface area contributed by atoms with Crippen LogP contribution in [0.25, 0.3) is 11.3 Å². The quantitative estimate of drug-likeness (QED) is 0.435. The van der Waals surface area contributed by atoms with Gasteiger partial charge in [-0.1, -0.05) is 72.0 Å². The highest BCUT2D eigenvalue weighted by molar-refractivity contribution is 7.18. The molecule has 4 aromatic rings. The van der Waals surface area contributed by atoms with Gasteiger partial charge in [0.15, 0.2) is 5.13 Å². The topological polar surface area (TPSA) is 68.3 Å². The average molecular weight is 414 g/mol. The van der Waals surface area contributed by atoms with E-state index < -0.39 is 0 Å². The molecule has 1 amide bonds. The molecular weight excluding hydrogens is 396 g/mol. The van der Waals surface area contributed by atoms with Gasteiger partial charge in [-0.25, -0.2) is 4.98 Å². The molecule has 1 N–H and O–H groups in total. The maximum atomic E-state index is 13.1. The summed E-state index contributed by atoms with van der Waals surface area (Å²) in [4.78, 5) is 30.8. The van der Waals surface area contributed by atoms with Crippen molar-refractivity contribution in [2.75, 3.05) is 12.4 Å². The Morgan fingerprint density at radius 2 is 1.47 bits per heavy atom. The van der Waals surface area contributed by atoms with E-state index in [1.165, 1.54) is 11.3 Å². The van der Waals surface area contributed by atoms with E-state index in [1.54, 1.807) is 43.5 Å². The lowest BCUT2D eigenvalue weighted by molar-refractivity contribution is 0.102. The molecule has 0 radical (unpaired) electrons. The summed E-state index contributed by atoms with van der Waals surface area (Å²) in [6.45, 7) is 0. The predicted molar refractivity (Wildman–Crippen MR) is 118 cm³/mol. The van der Waals surface area contributed by atoms with Crippen molar-refractivity contribution in [3.05, 3.63) is 101 Å². The Labute approximate surface area is 178 Å². The molecule has 0 unspecified atom stereocenters. The van der Waals surface area contributed by atoms with Crippen LogP contribution < -0.4 is 10.1 Å². The molecule has 0 fully saturated rings. The van der Waals surface area contributed by atoms with Gasteiger partial charge in [-0.2, -0.15) is 0 Å². The van der Waals surface area contributed by atoms with E-state index >= 15 is 0 Å². The van der Waals surface area contributed by atoms with Crippen molar-refractivity contribution < 1.29 is 14.3 Å². The molecule has 1 heterocycles. The highest BCUT2D eigenvalue weighted by Gasteiger charge is 2.22. The first-order valence-electron chi connectivity index (χ1n) is 9.27. The van der Waals surface area contributed by atoms with Gasteiger partial charge in [-0.3, -0.25) is 14.9 Å². The number of nitrogens with zero attached hydrogens (tertiary/aromatic N) is 1. The molecular formula is C24H18N2O3S. The maximum absolute atomic E-state index is 13.1. The molecule has 148 valence electrons. The zero-order valence-electron chi connectivity index (χ0n) is 16.2. The summed E-state index contributed by atoms with van der Waals surface area (Å²) in [6.07, 6.45) is 0. The smallest absolute Gasteiger partial charge is 0.257 e.